The molecule has 0 radical (unpaired) electrons. The number of likely N-dealkylation sites (N-methyl/N-ethyl adjacent to an activating group) is 1. The van der Waals surface area contributed by atoms with Crippen molar-refractivity contribution in [3.8, 4) is 0 Å². The number of guanidine groups is 1. The van der Waals surface area contributed by atoms with Crippen LogP contribution in [0.1, 0.15) is 17.7 Å². The molecule has 1 aliphatic rings. The molecule has 0 atom stereocenters. The summed E-state index contributed by atoms with van der Waals surface area (Å²) in [4.78, 5) is 7.84. The van der Waals surface area contributed by atoms with Crippen molar-refractivity contribution in [2.45, 2.75) is 19.3 Å². The van der Waals surface area contributed by atoms with Crippen LogP contribution in [0, 0.1) is 5.92 Å². The molecule has 21 heavy (non-hydrogen) atoms. The van der Waals surface area contributed by atoms with Gasteiger partial charge in [-0.05, 0) is 36.6 Å². The van der Waals surface area contributed by atoms with E-state index in [-0.39, 0.29) is 24.0 Å². The second-order valence-electron chi connectivity index (χ2n) is 5.24. The molecule has 4 nitrogen and oxygen atoms in total. The maximum absolute atomic E-state index is 5.66. The van der Waals surface area contributed by atoms with Gasteiger partial charge in [0.1, 0.15) is 0 Å². The quantitative estimate of drug-likeness (QED) is 0.303. The van der Waals surface area contributed by atoms with E-state index in [1.54, 1.807) is 11.3 Å². The van der Waals surface area contributed by atoms with Crippen molar-refractivity contribution in [1.82, 2.24) is 10.2 Å². The fourth-order valence-corrected chi connectivity index (χ4v) is 2.69. The summed E-state index contributed by atoms with van der Waals surface area (Å²) in [5, 5.41) is 5.52. The molecule has 2 rings (SSSR count). The second kappa shape index (κ2) is 10.4. The molecule has 1 aromatic rings. The third-order valence-electron chi connectivity index (χ3n) is 3.43. The first-order chi connectivity index (χ1) is 9.79. The normalized spacial score (nSPS) is 14.7. The van der Waals surface area contributed by atoms with Crippen molar-refractivity contribution >= 4 is 41.3 Å². The average molecular weight is 423 g/mol. The van der Waals surface area contributed by atoms with E-state index in [1.807, 2.05) is 7.05 Å². The molecule has 1 N–H and O–H groups in total. The predicted molar refractivity (Wildman–Crippen MR) is 101 cm³/mol. The summed E-state index contributed by atoms with van der Waals surface area (Å²) in [6.45, 7) is 3.50. The lowest BCUT2D eigenvalue weighted by Crippen LogP contribution is -2.41. The smallest absolute Gasteiger partial charge is 0.193 e. The van der Waals surface area contributed by atoms with Gasteiger partial charge in [-0.15, -0.1) is 35.3 Å². The van der Waals surface area contributed by atoms with Crippen molar-refractivity contribution in [3.05, 3.63) is 22.4 Å². The Hall–Kier alpha value is -0.340. The number of nitrogens with zero attached hydrogens (tertiary/aromatic N) is 2. The Morgan fingerprint density at radius 1 is 1.52 bits per heavy atom. The maximum Gasteiger partial charge on any atom is 0.193 e. The van der Waals surface area contributed by atoms with Crippen LogP contribution >= 0.6 is 35.3 Å². The summed E-state index contributed by atoms with van der Waals surface area (Å²) in [7, 11) is 3.88. The Kier molecular flexibility index (Phi) is 9.26. The van der Waals surface area contributed by atoms with Crippen LogP contribution < -0.4 is 5.32 Å². The van der Waals surface area contributed by atoms with Crippen LogP contribution in [0.25, 0.3) is 0 Å². The molecular formula is C15H26IN3OS. The third kappa shape index (κ3) is 7.46. The summed E-state index contributed by atoms with van der Waals surface area (Å²) in [5.74, 6) is 1.78. The first-order valence-electron chi connectivity index (χ1n) is 7.31. The van der Waals surface area contributed by atoms with Gasteiger partial charge >= 0.3 is 0 Å². The minimum absolute atomic E-state index is 0. The number of ether oxygens (including phenoxy) is 1. The number of aliphatic imine (C=N–C) groups is 1. The van der Waals surface area contributed by atoms with Gasteiger partial charge in [0.15, 0.2) is 5.96 Å². The van der Waals surface area contributed by atoms with Crippen LogP contribution in [0.5, 0.6) is 0 Å². The number of hydrogen-bond donors (Lipinski definition) is 1. The highest BCUT2D eigenvalue weighted by Gasteiger charge is 2.21. The molecule has 1 fully saturated rings. The summed E-state index contributed by atoms with van der Waals surface area (Å²) < 4.78 is 5.66. The highest BCUT2D eigenvalue weighted by molar-refractivity contribution is 14.0. The van der Waals surface area contributed by atoms with E-state index < -0.39 is 0 Å². The number of nitrogens with one attached hydrogen (secondary N) is 1. The van der Waals surface area contributed by atoms with Crippen molar-refractivity contribution in [1.29, 1.82) is 0 Å². The molecule has 6 heteroatoms. The molecular weight excluding hydrogens is 397 g/mol. The van der Waals surface area contributed by atoms with E-state index in [4.69, 9.17) is 4.74 Å². The standard InChI is InChI=1S/C15H25N3OS.HI/c1-16-15(17-8-7-14-4-3-11-20-14)18(2)9-10-19-12-13-5-6-13;/h3-4,11,13H,5-10,12H2,1-2H3,(H,16,17);1H. The van der Waals surface area contributed by atoms with Crippen LogP contribution in [0.3, 0.4) is 0 Å². The molecule has 1 heterocycles. The van der Waals surface area contributed by atoms with Gasteiger partial charge in [-0.25, -0.2) is 0 Å². The SMILES string of the molecule is CN=C(NCCc1cccs1)N(C)CCOCC1CC1.I. The van der Waals surface area contributed by atoms with Crippen LogP contribution in [0.4, 0.5) is 0 Å². The topological polar surface area (TPSA) is 36.9 Å². The summed E-state index contributed by atoms with van der Waals surface area (Å²) in [5.41, 5.74) is 0. The fraction of sp³-hybridized carbons (Fsp3) is 0.667. The largest absolute Gasteiger partial charge is 0.379 e. The minimum atomic E-state index is 0. The zero-order valence-corrected chi connectivity index (χ0v) is 16.0. The Morgan fingerprint density at radius 3 is 2.95 bits per heavy atom. The fourth-order valence-electron chi connectivity index (χ4n) is 1.98. The van der Waals surface area contributed by atoms with E-state index >= 15 is 0 Å². The highest BCUT2D eigenvalue weighted by atomic mass is 127. The van der Waals surface area contributed by atoms with Gasteiger partial charge in [-0.3, -0.25) is 4.99 Å². The Balaban J connectivity index is 0.00000220. The van der Waals surface area contributed by atoms with E-state index in [2.05, 4.69) is 39.8 Å². The van der Waals surface area contributed by atoms with Gasteiger partial charge in [0, 0.05) is 38.7 Å². The van der Waals surface area contributed by atoms with Gasteiger partial charge in [0.05, 0.1) is 6.61 Å². The molecule has 0 saturated heterocycles. The van der Waals surface area contributed by atoms with Gasteiger partial charge in [0.2, 0.25) is 0 Å². The number of rotatable bonds is 8. The molecule has 0 bridgehead atoms. The molecule has 0 amide bonds. The van der Waals surface area contributed by atoms with Gasteiger partial charge in [0.25, 0.3) is 0 Å². The molecule has 0 aromatic carbocycles. The van der Waals surface area contributed by atoms with Crippen LogP contribution in [-0.4, -0.2) is 51.3 Å². The summed E-state index contributed by atoms with van der Waals surface area (Å²) >= 11 is 1.80. The predicted octanol–water partition coefficient (Wildman–Crippen LogP) is 2.84. The molecule has 0 aliphatic heterocycles. The highest BCUT2D eigenvalue weighted by Crippen LogP contribution is 2.28. The summed E-state index contributed by atoms with van der Waals surface area (Å²) in [6, 6.07) is 4.27. The average Bonchev–Trinajstić information content (AvgIpc) is 3.14. The Bertz CT molecular complexity index is 407. The Morgan fingerprint density at radius 2 is 2.33 bits per heavy atom. The molecule has 120 valence electrons. The van der Waals surface area contributed by atoms with Gasteiger partial charge < -0.3 is 15.0 Å². The van der Waals surface area contributed by atoms with Crippen molar-refractivity contribution in [2.75, 3.05) is 40.4 Å². The van der Waals surface area contributed by atoms with E-state index in [0.717, 1.165) is 44.6 Å². The minimum Gasteiger partial charge on any atom is -0.379 e. The van der Waals surface area contributed by atoms with Crippen molar-refractivity contribution < 1.29 is 4.74 Å². The monoisotopic (exact) mass is 423 g/mol. The first-order valence-corrected chi connectivity index (χ1v) is 8.19. The van der Waals surface area contributed by atoms with Crippen LogP contribution in [0.2, 0.25) is 0 Å². The molecule has 1 aliphatic carbocycles. The number of thiophene rings is 1. The first kappa shape index (κ1) is 18.7. The van der Waals surface area contributed by atoms with Crippen LogP contribution in [-0.2, 0) is 11.2 Å². The lowest BCUT2D eigenvalue weighted by Gasteiger charge is -2.21. The second-order valence-corrected chi connectivity index (χ2v) is 6.28. The number of hydrogen-bond acceptors (Lipinski definition) is 3. The van der Waals surface area contributed by atoms with E-state index in [1.165, 1.54) is 17.7 Å². The molecule has 0 spiro atoms. The lowest BCUT2D eigenvalue weighted by molar-refractivity contribution is 0.115. The molecule has 1 saturated carbocycles. The Labute approximate surface area is 149 Å². The van der Waals surface area contributed by atoms with Gasteiger partial charge in [-0.2, -0.15) is 0 Å². The van der Waals surface area contributed by atoms with Crippen molar-refractivity contribution in [3.63, 3.8) is 0 Å². The number of halogens is 1. The lowest BCUT2D eigenvalue weighted by atomic mass is 10.3. The summed E-state index contributed by atoms with van der Waals surface area (Å²) in [6.07, 6.45) is 3.74. The zero-order valence-electron chi connectivity index (χ0n) is 12.9. The maximum atomic E-state index is 5.66. The molecule has 1 aromatic heterocycles. The van der Waals surface area contributed by atoms with E-state index in [0.29, 0.717) is 0 Å². The van der Waals surface area contributed by atoms with E-state index in [9.17, 15) is 0 Å². The van der Waals surface area contributed by atoms with Crippen molar-refractivity contribution in [2.24, 2.45) is 10.9 Å². The molecule has 0 unspecified atom stereocenters. The van der Waals surface area contributed by atoms with Gasteiger partial charge in [-0.1, -0.05) is 6.07 Å². The zero-order chi connectivity index (χ0) is 14.2. The third-order valence-corrected chi connectivity index (χ3v) is 4.37. The van der Waals surface area contributed by atoms with Crippen LogP contribution in [0.15, 0.2) is 22.5 Å².